The van der Waals surface area contributed by atoms with E-state index >= 15 is 0 Å². The number of aldehydes is 1. The number of carbonyl (C=O) groups is 1. The fourth-order valence-electron chi connectivity index (χ4n) is 2.85. The van der Waals surface area contributed by atoms with Gasteiger partial charge in [0.15, 0.2) is 18.7 Å². The molecule has 0 saturated heterocycles. The Balaban J connectivity index is 2.23. The molecule has 0 unspecified atom stereocenters. The van der Waals surface area contributed by atoms with Gasteiger partial charge < -0.3 is 18.9 Å². The Labute approximate surface area is 137 Å². The van der Waals surface area contributed by atoms with Crippen LogP contribution < -0.4 is 9.47 Å². The molecule has 1 heterocycles. The Morgan fingerprint density at radius 3 is 2.57 bits per heavy atom. The number of fused-ring (bicyclic) bond motifs is 1. The Hall–Kier alpha value is -1.59. The van der Waals surface area contributed by atoms with Gasteiger partial charge in [-0.15, -0.1) is 0 Å². The summed E-state index contributed by atoms with van der Waals surface area (Å²) in [6.07, 6.45) is 2.38. The maximum Gasteiger partial charge on any atom is 0.189 e. The lowest BCUT2D eigenvalue weighted by Gasteiger charge is -2.34. The van der Waals surface area contributed by atoms with Crippen LogP contribution in [0.5, 0.6) is 11.5 Å². The Kier molecular flexibility index (Phi) is 5.65. The van der Waals surface area contributed by atoms with E-state index in [4.69, 9.17) is 18.9 Å². The highest BCUT2D eigenvalue weighted by atomic mass is 16.7. The zero-order chi connectivity index (χ0) is 17.0. The number of hydrogen-bond donors (Lipinski definition) is 0. The molecule has 1 aromatic carbocycles. The molecule has 1 atom stereocenters. The van der Waals surface area contributed by atoms with Gasteiger partial charge in [0.1, 0.15) is 11.5 Å². The molecule has 1 aromatic rings. The molecule has 0 spiro atoms. The van der Waals surface area contributed by atoms with Gasteiger partial charge in [-0.1, -0.05) is 0 Å². The van der Waals surface area contributed by atoms with Gasteiger partial charge in [-0.2, -0.15) is 0 Å². The van der Waals surface area contributed by atoms with Crippen molar-refractivity contribution in [2.24, 2.45) is 0 Å². The lowest BCUT2D eigenvalue weighted by Crippen LogP contribution is -2.38. The minimum atomic E-state index is -0.734. The van der Waals surface area contributed by atoms with Crippen molar-refractivity contribution in [2.75, 3.05) is 27.1 Å². The summed E-state index contributed by atoms with van der Waals surface area (Å²) in [5.41, 5.74) is 3.49. The van der Waals surface area contributed by atoms with Crippen molar-refractivity contribution >= 4 is 6.29 Å². The minimum absolute atomic E-state index is 0.191. The molecule has 5 heteroatoms. The summed E-state index contributed by atoms with van der Waals surface area (Å²) in [5.74, 6) is 1.67. The second-order valence-corrected chi connectivity index (χ2v) is 6.21. The Bertz CT molecular complexity index is 582. The molecular formula is C18H26O5. The van der Waals surface area contributed by atoms with Crippen LogP contribution in [0, 0.1) is 20.8 Å². The van der Waals surface area contributed by atoms with Crippen LogP contribution in [0.25, 0.3) is 0 Å². The van der Waals surface area contributed by atoms with Crippen LogP contribution in [-0.2, 0) is 20.7 Å². The van der Waals surface area contributed by atoms with Crippen molar-refractivity contribution in [2.45, 2.75) is 46.1 Å². The normalized spacial score (nSPS) is 19.9. The lowest BCUT2D eigenvalue weighted by molar-refractivity contribution is -0.121. The SMILES string of the molecule is COCCOCOc1c(C)c(C)c2c(c1C)CC[C@](C)(C=O)O2. The van der Waals surface area contributed by atoms with Crippen molar-refractivity contribution < 1.29 is 23.7 Å². The third-order valence-electron chi connectivity index (χ3n) is 4.49. The minimum Gasteiger partial charge on any atom is -0.480 e. The first kappa shape index (κ1) is 17.8. The number of methoxy groups -OCH3 is 1. The summed E-state index contributed by atoms with van der Waals surface area (Å²) in [6.45, 7) is 9.11. The monoisotopic (exact) mass is 322 g/mol. The maximum absolute atomic E-state index is 11.3. The van der Waals surface area contributed by atoms with E-state index in [2.05, 4.69) is 0 Å². The average molecular weight is 322 g/mol. The van der Waals surface area contributed by atoms with Crippen molar-refractivity contribution in [1.82, 2.24) is 0 Å². The third-order valence-corrected chi connectivity index (χ3v) is 4.49. The van der Waals surface area contributed by atoms with Crippen LogP contribution in [0.1, 0.15) is 35.6 Å². The van der Waals surface area contributed by atoms with Gasteiger partial charge in [0.2, 0.25) is 0 Å². The van der Waals surface area contributed by atoms with Gasteiger partial charge in [-0.05, 0) is 57.2 Å². The molecule has 0 fully saturated rings. The quantitative estimate of drug-likeness (QED) is 0.439. The van der Waals surface area contributed by atoms with Gasteiger partial charge in [-0.3, -0.25) is 4.79 Å². The second-order valence-electron chi connectivity index (χ2n) is 6.21. The predicted octanol–water partition coefficient (Wildman–Crippen LogP) is 2.89. The van der Waals surface area contributed by atoms with Crippen LogP contribution in [0.15, 0.2) is 0 Å². The second kappa shape index (κ2) is 7.32. The number of hydrogen-bond acceptors (Lipinski definition) is 5. The highest BCUT2D eigenvalue weighted by Gasteiger charge is 2.34. The number of benzene rings is 1. The maximum atomic E-state index is 11.3. The smallest absolute Gasteiger partial charge is 0.189 e. The van der Waals surface area contributed by atoms with E-state index in [1.54, 1.807) is 7.11 Å². The topological polar surface area (TPSA) is 54.0 Å². The highest BCUT2D eigenvalue weighted by molar-refractivity contribution is 5.66. The first-order valence-corrected chi connectivity index (χ1v) is 7.91. The van der Waals surface area contributed by atoms with E-state index in [1.165, 1.54) is 0 Å². The largest absolute Gasteiger partial charge is 0.480 e. The molecule has 0 aliphatic carbocycles. The van der Waals surface area contributed by atoms with Crippen molar-refractivity contribution in [3.63, 3.8) is 0 Å². The van der Waals surface area contributed by atoms with E-state index in [0.29, 0.717) is 19.6 Å². The molecule has 5 nitrogen and oxygen atoms in total. The molecule has 1 aliphatic rings. The van der Waals surface area contributed by atoms with E-state index in [0.717, 1.165) is 46.5 Å². The standard InChI is InChI=1S/C18H26O5/c1-12-13(2)17-15(6-7-18(4,10-19)23-17)14(3)16(12)22-11-21-9-8-20-5/h10H,6-9,11H2,1-5H3/t18-/m1/s1. The highest BCUT2D eigenvalue weighted by Crippen LogP contribution is 2.43. The fraction of sp³-hybridized carbons (Fsp3) is 0.611. The van der Waals surface area contributed by atoms with Gasteiger partial charge in [-0.25, -0.2) is 0 Å². The van der Waals surface area contributed by atoms with Gasteiger partial charge in [0.05, 0.1) is 13.2 Å². The first-order valence-electron chi connectivity index (χ1n) is 7.91. The van der Waals surface area contributed by atoms with Crippen LogP contribution in [-0.4, -0.2) is 39.0 Å². The van der Waals surface area contributed by atoms with Crippen molar-refractivity contribution in [1.29, 1.82) is 0 Å². The van der Waals surface area contributed by atoms with Crippen molar-refractivity contribution in [3.8, 4) is 11.5 Å². The summed E-state index contributed by atoms with van der Waals surface area (Å²) in [7, 11) is 1.64. The van der Waals surface area contributed by atoms with Gasteiger partial charge >= 0.3 is 0 Å². The molecule has 2 rings (SSSR count). The van der Waals surface area contributed by atoms with E-state index in [1.807, 2.05) is 27.7 Å². The number of rotatable bonds is 7. The number of carbonyl (C=O) groups excluding carboxylic acids is 1. The zero-order valence-electron chi connectivity index (χ0n) is 14.7. The van der Waals surface area contributed by atoms with E-state index in [9.17, 15) is 4.79 Å². The Morgan fingerprint density at radius 2 is 1.91 bits per heavy atom. The molecular weight excluding hydrogens is 296 g/mol. The lowest BCUT2D eigenvalue weighted by atomic mass is 9.88. The molecule has 0 saturated carbocycles. The van der Waals surface area contributed by atoms with E-state index in [-0.39, 0.29) is 6.79 Å². The predicted molar refractivity (Wildman–Crippen MR) is 87.4 cm³/mol. The summed E-state index contributed by atoms with van der Waals surface area (Å²) >= 11 is 0. The zero-order valence-corrected chi connectivity index (χ0v) is 14.7. The summed E-state index contributed by atoms with van der Waals surface area (Å²) in [6, 6.07) is 0. The average Bonchev–Trinajstić information content (AvgIpc) is 2.55. The third kappa shape index (κ3) is 3.67. The molecule has 0 bridgehead atoms. The molecule has 128 valence electrons. The summed E-state index contributed by atoms with van der Waals surface area (Å²) in [4.78, 5) is 11.3. The summed E-state index contributed by atoms with van der Waals surface area (Å²) < 4.78 is 22.2. The van der Waals surface area contributed by atoms with Gasteiger partial charge in [0.25, 0.3) is 0 Å². The first-order chi connectivity index (χ1) is 10.9. The summed E-state index contributed by atoms with van der Waals surface area (Å²) in [5, 5.41) is 0. The van der Waals surface area contributed by atoms with Gasteiger partial charge in [0, 0.05) is 12.7 Å². The molecule has 1 aliphatic heterocycles. The van der Waals surface area contributed by atoms with Crippen molar-refractivity contribution in [3.05, 3.63) is 22.3 Å². The van der Waals surface area contributed by atoms with E-state index < -0.39 is 5.60 Å². The molecule has 0 amide bonds. The number of ether oxygens (including phenoxy) is 4. The Morgan fingerprint density at radius 1 is 1.17 bits per heavy atom. The van der Waals surface area contributed by atoms with Crippen LogP contribution >= 0.6 is 0 Å². The fourth-order valence-corrected chi connectivity index (χ4v) is 2.85. The molecule has 0 aromatic heterocycles. The van der Waals surface area contributed by atoms with Crippen LogP contribution in [0.4, 0.5) is 0 Å². The molecule has 0 radical (unpaired) electrons. The molecule has 0 N–H and O–H groups in total. The molecule has 23 heavy (non-hydrogen) atoms. The van der Waals surface area contributed by atoms with Crippen LogP contribution in [0.2, 0.25) is 0 Å². The van der Waals surface area contributed by atoms with Crippen LogP contribution in [0.3, 0.4) is 0 Å².